The summed E-state index contributed by atoms with van der Waals surface area (Å²) in [5.74, 6) is 0.349. The maximum atomic E-state index is 12.5. The van der Waals surface area contributed by atoms with E-state index in [0.717, 1.165) is 16.9 Å². The highest BCUT2D eigenvalue weighted by molar-refractivity contribution is 5.93. The van der Waals surface area contributed by atoms with E-state index in [1.54, 1.807) is 25.4 Å². The van der Waals surface area contributed by atoms with Crippen LogP contribution in [0, 0.1) is 6.92 Å². The lowest BCUT2D eigenvalue weighted by Gasteiger charge is -2.09. The van der Waals surface area contributed by atoms with E-state index in [2.05, 4.69) is 10.3 Å². The number of pyridine rings is 1. The van der Waals surface area contributed by atoms with Crippen LogP contribution in [0.1, 0.15) is 21.5 Å². The smallest absolute Gasteiger partial charge is 0.270 e. The van der Waals surface area contributed by atoms with Crippen molar-refractivity contribution in [2.45, 2.75) is 13.3 Å². The highest BCUT2D eigenvalue weighted by Gasteiger charge is 2.13. The Labute approximate surface area is 145 Å². The van der Waals surface area contributed by atoms with E-state index >= 15 is 0 Å². The van der Waals surface area contributed by atoms with Crippen molar-refractivity contribution in [3.63, 3.8) is 0 Å². The minimum Gasteiger partial charge on any atom is -0.496 e. The molecule has 1 amide bonds. The van der Waals surface area contributed by atoms with Crippen LogP contribution in [0.2, 0.25) is 0 Å². The van der Waals surface area contributed by atoms with Crippen LogP contribution in [0.5, 0.6) is 5.75 Å². The molecule has 2 aromatic heterocycles. The second kappa shape index (κ2) is 7.17. The average Bonchev–Trinajstić information content (AvgIpc) is 2.62. The van der Waals surface area contributed by atoms with Crippen LogP contribution in [-0.4, -0.2) is 28.9 Å². The average molecular weight is 337 g/mol. The summed E-state index contributed by atoms with van der Waals surface area (Å²) in [5, 5.41) is 2.77. The van der Waals surface area contributed by atoms with Gasteiger partial charge in [-0.3, -0.25) is 14.0 Å². The topological polar surface area (TPSA) is 72.7 Å². The van der Waals surface area contributed by atoms with Gasteiger partial charge in [0.2, 0.25) is 0 Å². The minimum absolute atomic E-state index is 0.0291. The SMILES string of the molecule is COc1ccccc1CCNC(=O)c1cnc2cc(C)ccn2c1=O. The van der Waals surface area contributed by atoms with Crippen LogP contribution >= 0.6 is 0 Å². The lowest BCUT2D eigenvalue weighted by molar-refractivity contribution is 0.0952. The molecule has 0 saturated carbocycles. The van der Waals surface area contributed by atoms with Gasteiger partial charge in [-0.15, -0.1) is 0 Å². The molecule has 0 spiro atoms. The molecular weight excluding hydrogens is 318 g/mol. The van der Waals surface area contributed by atoms with Crippen molar-refractivity contribution < 1.29 is 9.53 Å². The summed E-state index contributed by atoms with van der Waals surface area (Å²) < 4.78 is 6.67. The number of fused-ring (bicyclic) bond motifs is 1. The van der Waals surface area contributed by atoms with E-state index in [1.165, 1.54) is 10.6 Å². The Morgan fingerprint density at radius 2 is 2.08 bits per heavy atom. The zero-order valence-corrected chi connectivity index (χ0v) is 14.2. The number of carbonyl (C=O) groups is 1. The number of para-hydroxylation sites is 1. The van der Waals surface area contributed by atoms with Gasteiger partial charge in [-0.05, 0) is 42.7 Å². The number of hydrogen-bond donors (Lipinski definition) is 1. The van der Waals surface area contributed by atoms with Crippen LogP contribution in [0.15, 0.2) is 53.6 Å². The van der Waals surface area contributed by atoms with Crippen molar-refractivity contribution in [2.24, 2.45) is 0 Å². The van der Waals surface area contributed by atoms with Crippen molar-refractivity contribution in [2.75, 3.05) is 13.7 Å². The maximum Gasteiger partial charge on any atom is 0.270 e. The molecule has 128 valence electrons. The fourth-order valence-corrected chi connectivity index (χ4v) is 2.65. The molecule has 3 aromatic rings. The van der Waals surface area contributed by atoms with Crippen molar-refractivity contribution in [1.82, 2.24) is 14.7 Å². The van der Waals surface area contributed by atoms with Gasteiger partial charge in [0.1, 0.15) is 17.0 Å². The Balaban J connectivity index is 1.73. The van der Waals surface area contributed by atoms with Gasteiger partial charge in [0, 0.05) is 18.9 Å². The highest BCUT2D eigenvalue weighted by atomic mass is 16.5. The first-order valence-electron chi connectivity index (χ1n) is 7.98. The molecular formula is C19H19N3O3. The summed E-state index contributed by atoms with van der Waals surface area (Å²) in [7, 11) is 1.61. The lowest BCUT2D eigenvalue weighted by atomic mass is 10.1. The number of methoxy groups -OCH3 is 1. The van der Waals surface area contributed by atoms with Gasteiger partial charge in [0.25, 0.3) is 11.5 Å². The fourth-order valence-electron chi connectivity index (χ4n) is 2.65. The summed E-state index contributed by atoms with van der Waals surface area (Å²) in [4.78, 5) is 29.0. The molecule has 1 N–H and O–H groups in total. The number of aromatic nitrogens is 2. The minimum atomic E-state index is -0.428. The molecule has 25 heavy (non-hydrogen) atoms. The molecule has 0 radical (unpaired) electrons. The molecule has 3 rings (SSSR count). The van der Waals surface area contributed by atoms with Crippen molar-refractivity contribution in [3.05, 3.63) is 75.8 Å². The van der Waals surface area contributed by atoms with E-state index in [-0.39, 0.29) is 11.1 Å². The van der Waals surface area contributed by atoms with Crippen molar-refractivity contribution >= 4 is 11.6 Å². The van der Waals surface area contributed by atoms with Gasteiger partial charge < -0.3 is 10.1 Å². The molecule has 2 heterocycles. The summed E-state index contributed by atoms with van der Waals surface area (Å²) in [6.07, 6.45) is 3.57. The summed E-state index contributed by atoms with van der Waals surface area (Å²) >= 11 is 0. The third-order valence-electron chi connectivity index (χ3n) is 3.98. The highest BCUT2D eigenvalue weighted by Crippen LogP contribution is 2.17. The number of ether oxygens (including phenoxy) is 1. The predicted molar refractivity (Wildman–Crippen MR) is 95.2 cm³/mol. The van der Waals surface area contributed by atoms with Gasteiger partial charge >= 0.3 is 0 Å². The van der Waals surface area contributed by atoms with Gasteiger partial charge in [0.15, 0.2) is 0 Å². The molecule has 0 unspecified atom stereocenters. The molecule has 0 atom stereocenters. The number of benzene rings is 1. The Morgan fingerprint density at radius 1 is 1.28 bits per heavy atom. The Morgan fingerprint density at radius 3 is 2.88 bits per heavy atom. The molecule has 0 bridgehead atoms. The lowest BCUT2D eigenvalue weighted by Crippen LogP contribution is -2.32. The molecule has 0 aliphatic carbocycles. The van der Waals surface area contributed by atoms with Crippen molar-refractivity contribution in [3.8, 4) is 5.75 Å². The third-order valence-corrected chi connectivity index (χ3v) is 3.98. The first-order valence-corrected chi connectivity index (χ1v) is 7.98. The quantitative estimate of drug-likeness (QED) is 0.773. The molecule has 0 saturated heterocycles. The second-order valence-corrected chi connectivity index (χ2v) is 5.73. The largest absolute Gasteiger partial charge is 0.496 e. The number of rotatable bonds is 5. The number of carbonyl (C=O) groups excluding carboxylic acids is 1. The zero-order chi connectivity index (χ0) is 17.8. The fraction of sp³-hybridized carbons (Fsp3) is 0.211. The number of nitrogens with zero attached hydrogens (tertiary/aromatic N) is 2. The molecule has 0 aliphatic rings. The first kappa shape index (κ1) is 16.7. The Hall–Kier alpha value is -3.15. The number of hydrogen-bond acceptors (Lipinski definition) is 4. The van der Waals surface area contributed by atoms with E-state index in [4.69, 9.17) is 4.74 Å². The normalized spacial score (nSPS) is 10.6. The summed E-state index contributed by atoms with van der Waals surface area (Å²) in [6, 6.07) is 11.2. The van der Waals surface area contributed by atoms with Crippen LogP contribution < -0.4 is 15.6 Å². The number of aryl methyl sites for hydroxylation is 1. The summed E-state index contributed by atoms with van der Waals surface area (Å²) in [5.41, 5.74) is 2.17. The van der Waals surface area contributed by atoms with E-state index in [0.29, 0.717) is 18.6 Å². The van der Waals surface area contributed by atoms with E-state index in [1.807, 2.05) is 31.2 Å². The van der Waals surface area contributed by atoms with Crippen LogP contribution in [-0.2, 0) is 6.42 Å². The molecule has 6 nitrogen and oxygen atoms in total. The van der Waals surface area contributed by atoms with Crippen molar-refractivity contribution in [1.29, 1.82) is 0 Å². The van der Waals surface area contributed by atoms with Gasteiger partial charge in [-0.25, -0.2) is 4.98 Å². The standard InChI is InChI=1S/C19H19N3O3/c1-13-8-10-22-17(11-13)21-12-15(19(22)24)18(23)20-9-7-14-5-3-4-6-16(14)25-2/h3-6,8,10-12H,7,9H2,1-2H3,(H,20,23). The van der Waals surface area contributed by atoms with Gasteiger partial charge in [-0.1, -0.05) is 18.2 Å². The Bertz CT molecular complexity index is 979. The molecule has 0 fully saturated rings. The molecule has 6 heteroatoms. The predicted octanol–water partition coefficient (Wildman–Crippen LogP) is 1.98. The van der Waals surface area contributed by atoms with Gasteiger partial charge in [0.05, 0.1) is 7.11 Å². The summed E-state index contributed by atoms with van der Waals surface area (Å²) in [6.45, 7) is 2.32. The maximum absolute atomic E-state index is 12.5. The van der Waals surface area contributed by atoms with Gasteiger partial charge in [-0.2, -0.15) is 0 Å². The van der Waals surface area contributed by atoms with E-state index < -0.39 is 5.91 Å². The number of nitrogens with one attached hydrogen (secondary N) is 1. The third kappa shape index (κ3) is 3.52. The number of amides is 1. The second-order valence-electron chi connectivity index (χ2n) is 5.73. The van der Waals surface area contributed by atoms with Crippen LogP contribution in [0.3, 0.4) is 0 Å². The monoisotopic (exact) mass is 337 g/mol. The first-order chi connectivity index (χ1) is 12.1. The zero-order valence-electron chi connectivity index (χ0n) is 14.2. The molecule has 0 aliphatic heterocycles. The van der Waals surface area contributed by atoms with Crippen LogP contribution in [0.4, 0.5) is 0 Å². The van der Waals surface area contributed by atoms with E-state index in [9.17, 15) is 9.59 Å². The molecule has 1 aromatic carbocycles. The van der Waals surface area contributed by atoms with Crippen LogP contribution in [0.25, 0.3) is 5.65 Å². The Kier molecular flexibility index (Phi) is 4.79.